The molecular formula is C13H21NO2. The van der Waals surface area contributed by atoms with E-state index in [1.165, 1.54) is 5.56 Å². The minimum Gasteiger partial charge on any atom is -0.494 e. The van der Waals surface area contributed by atoms with E-state index in [4.69, 9.17) is 9.84 Å². The third-order valence-electron chi connectivity index (χ3n) is 2.50. The lowest BCUT2D eigenvalue weighted by atomic mass is 10.1. The summed E-state index contributed by atoms with van der Waals surface area (Å²) in [6.07, 6.45) is 0. The Bertz CT molecular complexity index is 297. The maximum Gasteiger partial charge on any atom is 0.119 e. The highest BCUT2D eigenvalue weighted by atomic mass is 16.5. The molecule has 16 heavy (non-hydrogen) atoms. The highest BCUT2D eigenvalue weighted by molar-refractivity contribution is 5.28. The van der Waals surface area contributed by atoms with Crippen LogP contribution in [0.2, 0.25) is 0 Å². The van der Waals surface area contributed by atoms with Gasteiger partial charge in [0.25, 0.3) is 0 Å². The summed E-state index contributed by atoms with van der Waals surface area (Å²) in [6.45, 7) is 6.87. The zero-order valence-corrected chi connectivity index (χ0v) is 10.2. The lowest BCUT2D eigenvalue weighted by Gasteiger charge is -2.18. The van der Waals surface area contributed by atoms with E-state index in [0.717, 1.165) is 5.75 Å². The molecule has 0 saturated carbocycles. The van der Waals surface area contributed by atoms with Crippen LogP contribution in [0, 0.1) is 0 Å². The summed E-state index contributed by atoms with van der Waals surface area (Å²) in [5, 5.41) is 12.3. The highest BCUT2D eigenvalue weighted by Gasteiger charge is 2.08. The number of benzene rings is 1. The molecule has 0 bridgehead atoms. The Balaban J connectivity index is 2.59. The van der Waals surface area contributed by atoms with Gasteiger partial charge in [0.1, 0.15) is 5.75 Å². The molecule has 1 aromatic carbocycles. The second-order valence-electron chi connectivity index (χ2n) is 3.97. The van der Waals surface area contributed by atoms with Crippen LogP contribution < -0.4 is 10.1 Å². The second-order valence-corrected chi connectivity index (χ2v) is 3.97. The van der Waals surface area contributed by atoms with Gasteiger partial charge in [-0.05, 0) is 38.5 Å². The monoisotopic (exact) mass is 223 g/mol. The number of aliphatic hydroxyl groups excluding tert-OH is 1. The number of ether oxygens (including phenoxy) is 1. The predicted molar refractivity (Wildman–Crippen MR) is 65.7 cm³/mol. The molecule has 3 heteroatoms. The number of aliphatic hydroxyl groups is 1. The van der Waals surface area contributed by atoms with Gasteiger partial charge < -0.3 is 15.2 Å². The molecule has 0 saturated heterocycles. The van der Waals surface area contributed by atoms with Gasteiger partial charge in [-0.25, -0.2) is 0 Å². The molecule has 2 N–H and O–H groups in total. The second kappa shape index (κ2) is 6.51. The summed E-state index contributed by atoms with van der Waals surface area (Å²) >= 11 is 0. The first kappa shape index (κ1) is 13.0. The van der Waals surface area contributed by atoms with Crippen molar-refractivity contribution >= 4 is 0 Å². The fourth-order valence-corrected chi connectivity index (χ4v) is 1.60. The van der Waals surface area contributed by atoms with Crippen molar-refractivity contribution in [1.29, 1.82) is 0 Å². The molecule has 0 radical (unpaired) electrons. The molecule has 0 aliphatic heterocycles. The van der Waals surface area contributed by atoms with E-state index in [1.807, 2.05) is 38.1 Å². The van der Waals surface area contributed by atoms with E-state index < -0.39 is 0 Å². The number of hydrogen-bond donors (Lipinski definition) is 2. The molecule has 90 valence electrons. The van der Waals surface area contributed by atoms with Gasteiger partial charge in [0.15, 0.2) is 0 Å². The Morgan fingerprint density at radius 1 is 1.25 bits per heavy atom. The zero-order chi connectivity index (χ0) is 12.0. The van der Waals surface area contributed by atoms with Crippen LogP contribution in [0.3, 0.4) is 0 Å². The molecule has 1 unspecified atom stereocenters. The first-order valence-corrected chi connectivity index (χ1v) is 5.77. The van der Waals surface area contributed by atoms with Gasteiger partial charge in [-0.3, -0.25) is 0 Å². The van der Waals surface area contributed by atoms with Gasteiger partial charge in [0.05, 0.1) is 13.2 Å². The van der Waals surface area contributed by atoms with Crippen molar-refractivity contribution in [3.05, 3.63) is 29.8 Å². The summed E-state index contributed by atoms with van der Waals surface area (Å²) in [7, 11) is 0. The molecule has 0 aliphatic rings. The van der Waals surface area contributed by atoms with E-state index >= 15 is 0 Å². The van der Waals surface area contributed by atoms with Crippen LogP contribution in [0.25, 0.3) is 0 Å². The van der Waals surface area contributed by atoms with Crippen molar-refractivity contribution in [2.24, 2.45) is 0 Å². The Hall–Kier alpha value is -1.06. The Labute approximate surface area is 97.4 Å². The molecule has 1 rings (SSSR count). The normalized spacial score (nSPS) is 14.5. The largest absolute Gasteiger partial charge is 0.494 e. The average molecular weight is 223 g/mol. The molecular weight excluding hydrogens is 202 g/mol. The topological polar surface area (TPSA) is 41.5 Å². The maximum atomic E-state index is 8.96. The van der Waals surface area contributed by atoms with E-state index in [-0.39, 0.29) is 18.7 Å². The SMILES string of the molecule is CCOc1ccc(C(C)N[C@@H](C)CO)cc1. The predicted octanol–water partition coefficient (Wildman–Crippen LogP) is 2.12. The summed E-state index contributed by atoms with van der Waals surface area (Å²) < 4.78 is 5.38. The molecule has 0 aliphatic carbocycles. The van der Waals surface area contributed by atoms with E-state index in [9.17, 15) is 0 Å². The van der Waals surface area contributed by atoms with Gasteiger partial charge in [0.2, 0.25) is 0 Å². The van der Waals surface area contributed by atoms with Crippen molar-refractivity contribution < 1.29 is 9.84 Å². The van der Waals surface area contributed by atoms with Crippen molar-refractivity contribution in [2.45, 2.75) is 32.9 Å². The van der Waals surface area contributed by atoms with E-state index in [1.54, 1.807) is 0 Å². The molecule has 0 fully saturated rings. The smallest absolute Gasteiger partial charge is 0.119 e. The maximum absolute atomic E-state index is 8.96. The van der Waals surface area contributed by atoms with Gasteiger partial charge in [-0.2, -0.15) is 0 Å². The summed E-state index contributed by atoms with van der Waals surface area (Å²) in [4.78, 5) is 0. The molecule has 0 amide bonds. The lowest BCUT2D eigenvalue weighted by molar-refractivity contribution is 0.243. The van der Waals surface area contributed by atoms with Crippen molar-refractivity contribution in [3.8, 4) is 5.75 Å². The van der Waals surface area contributed by atoms with Crippen LogP contribution in [0.5, 0.6) is 5.75 Å². The molecule has 3 nitrogen and oxygen atoms in total. The minimum atomic E-state index is 0.113. The lowest BCUT2D eigenvalue weighted by Crippen LogP contribution is -2.31. The summed E-state index contributed by atoms with van der Waals surface area (Å²) in [6, 6.07) is 8.39. The molecule has 0 aromatic heterocycles. The molecule has 1 aromatic rings. The number of nitrogens with one attached hydrogen (secondary N) is 1. The van der Waals surface area contributed by atoms with Gasteiger partial charge in [-0.15, -0.1) is 0 Å². The van der Waals surface area contributed by atoms with Crippen LogP contribution in [-0.2, 0) is 0 Å². The highest BCUT2D eigenvalue weighted by Crippen LogP contribution is 2.17. The quantitative estimate of drug-likeness (QED) is 0.776. The summed E-state index contributed by atoms with van der Waals surface area (Å²) in [5.41, 5.74) is 1.20. The summed E-state index contributed by atoms with van der Waals surface area (Å²) in [5.74, 6) is 0.897. The molecule has 2 atom stereocenters. The van der Waals surface area contributed by atoms with Gasteiger partial charge >= 0.3 is 0 Å². The van der Waals surface area contributed by atoms with E-state index in [0.29, 0.717) is 6.61 Å². The van der Waals surface area contributed by atoms with Crippen LogP contribution in [0.15, 0.2) is 24.3 Å². The third-order valence-corrected chi connectivity index (χ3v) is 2.50. The van der Waals surface area contributed by atoms with Crippen molar-refractivity contribution in [3.63, 3.8) is 0 Å². The Morgan fingerprint density at radius 2 is 1.88 bits per heavy atom. The van der Waals surface area contributed by atoms with Crippen LogP contribution in [0.4, 0.5) is 0 Å². The zero-order valence-electron chi connectivity index (χ0n) is 10.2. The average Bonchev–Trinajstić information content (AvgIpc) is 2.30. The Kier molecular flexibility index (Phi) is 5.29. The first-order valence-electron chi connectivity index (χ1n) is 5.77. The van der Waals surface area contributed by atoms with Crippen LogP contribution in [-0.4, -0.2) is 24.4 Å². The van der Waals surface area contributed by atoms with Crippen molar-refractivity contribution in [1.82, 2.24) is 5.32 Å². The van der Waals surface area contributed by atoms with Crippen molar-refractivity contribution in [2.75, 3.05) is 13.2 Å². The standard InChI is InChI=1S/C13H21NO2/c1-4-16-13-7-5-12(6-8-13)11(3)14-10(2)9-15/h5-8,10-11,14-15H,4,9H2,1-3H3/t10-,11?/m0/s1. The molecule has 0 spiro atoms. The number of rotatable bonds is 6. The molecule has 0 heterocycles. The van der Waals surface area contributed by atoms with Crippen LogP contribution in [0.1, 0.15) is 32.4 Å². The fourth-order valence-electron chi connectivity index (χ4n) is 1.60. The van der Waals surface area contributed by atoms with Gasteiger partial charge in [0, 0.05) is 12.1 Å². The Morgan fingerprint density at radius 3 is 2.38 bits per heavy atom. The number of hydrogen-bond acceptors (Lipinski definition) is 3. The van der Waals surface area contributed by atoms with Crippen LogP contribution >= 0.6 is 0 Å². The van der Waals surface area contributed by atoms with E-state index in [2.05, 4.69) is 12.2 Å². The van der Waals surface area contributed by atoms with Gasteiger partial charge in [-0.1, -0.05) is 12.1 Å². The fraction of sp³-hybridized carbons (Fsp3) is 0.538. The first-order chi connectivity index (χ1) is 7.67. The minimum absolute atomic E-state index is 0.113. The third kappa shape index (κ3) is 3.83.